The molecule has 1 amide bonds. The molecule has 13 heteroatoms. The van der Waals surface area contributed by atoms with Crippen LogP contribution in [0.3, 0.4) is 0 Å². The zero-order chi connectivity index (χ0) is 38.0. The highest BCUT2D eigenvalue weighted by molar-refractivity contribution is 5.98. The molecule has 0 radical (unpaired) electrons. The van der Waals surface area contributed by atoms with Crippen LogP contribution >= 0.6 is 0 Å². The first-order valence-electron chi connectivity index (χ1n) is 18.0. The van der Waals surface area contributed by atoms with Crippen molar-refractivity contribution in [1.82, 2.24) is 19.4 Å². The lowest BCUT2D eigenvalue weighted by molar-refractivity contribution is -0.137. The zero-order valence-electron chi connectivity index (χ0n) is 30.5. The number of carbonyl (C=O) groups is 2. The van der Waals surface area contributed by atoms with E-state index in [1.54, 1.807) is 35.4 Å². The first-order chi connectivity index (χ1) is 26.0. The Kier molecular flexibility index (Phi) is 10.4. The second-order valence-electron chi connectivity index (χ2n) is 14.1. The molecule has 2 fully saturated rings. The Morgan fingerprint density at radius 2 is 1.61 bits per heavy atom. The molecule has 0 saturated carbocycles. The fourth-order valence-electron chi connectivity index (χ4n) is 7.99. The van der Waals surface area contributed by atoms with Crippen molar-refractivity contribution in [2.45, 2.75) is 43.8 Å². The topological polar surface area (TPSA) is 99.3 Å². The molecule has 284 valence electrons. The van der Waals surface area contributed by atoms with Crippen LogP contribution in [0.5, 0.6) is 17.2 Å². The number of amides is 1. The number of ether oxygens (including phenoxy) is 3. The molecule has 5 aromatic rings. The molecule has 0 N–H and O–H groups in total. The Labute approximate surface area is 311 Å². The van der Waals surface area contributed by atoms with Crippen LogP contribution < -0.4 is 14.2 Å². The maximum absolute atomic E-state index is 14.0. The molecule has 1 unspecified atom stereocenters. The Bertz CT molecular complexity index is 2080. The number of benzene rings is 3. The van der Waals surface area contributed by atoms with Crippen molar-refractivity contribution in [1.29, 1.82) is 0 Å². The van der Waals surface area contributed by atoms with Crippen LogP contribution in [-0.4, -0.2) is 85.1 Å². The number of fused-ring (bicyclic) bond motifs is 1. The molecule has 2 aliphatic rings. The molecule has 0 aliphatic carbocycles. The fraction of sp³-hybridized carbons (Fsp3) is 0.390. The van der Waals surface area contributed by atoms with Crippen LogP contribution in [0.4, 0.5) is 13.2 Å². The summed E-state index contributed by atoms with van der Waals surface area (Å²) >= 11 is 0. The van der Waals surface area contributed by atoms with Gasteiger partial charge in [0.1, 0.15) is 5.76 Å². The number of Topliss-reactive ketones (excluding diaryl/α,β-unsaturated/α-hetero) is 1. The summed E-state index contributed by atoms with van der Waals surface area (Å²) < 4.78 is 64.6. The third-order valence-electron chi connectivity index (χ3n) is 11.0. The molecule has 0 spiro atoms. The Balaban J connectivity index is 1.07. The summed E-state index contributed by atoms with van der Waals surface area (Å²) in [6.45, 7) is 3.18. The maximum Gasteiger partial charge on any atom is 0.416 e. The number of imidazole rings is 1. The highest BCUT2D eigenvalue weighted by atomic mass is 19.4. The average molecular weight is 745 g/mol. The van der Waals surface area contributed by atoms with Crippen molar-refractivity contribution in [3.05, 3.63) is 107 Å². The number of carbonyl (C=O) groups excluding carboxylic acids is 2. The number of rotatable bonds is 12. The second kappa shape index (κ2) is 15.2. The molecule has 2 aliphatic heterocycles. The largest absolute Gasteiger partial charge is 0.493 e. The van der Waals surface area contributed by atoms with Gasteiger partial charge in [-0.1, -0.05) is 24.3 Å². The number of nitrogens with zero attached hydrogens (tertiary/aromatic N) is 4. The van der Waals surface area contributed by atoms with E-state index in [9.17, 15) is 22.8 Å². The van der Waals surface area contributed by atoms with E-state index < -0.39 is 17.2 Å². The van der Waals surface area contributed by atoms with Crippen LogP contribution in [0, 0.1) is 5.92 Å². The number of ketones is 1. The Hall–Kier alpha value is -5.30. The van der Waals surface area contributed by atoms with Crippen LogP contribution in [0.1, 0.15) is 63.5 Å². The van der Waals surface area contributed by atoms with Gasteiger partial charge in [0.25, 0.3) is 5.91 Å². The number of hydrogen-bond donors (Lipinski definition) is 0. The van der Waals surface area contributed by atoms with Crippen molar-refractivity contribution in [2.75, 3.05) is 54.1 Å². The predicted molar refractivity (Wildman–Crippen MR) is 195 cm³/mol. The van der Waals surface area contributed by atoms with Gasteiger partial charge in [0, 0.05) is 30.0 Å². The van der Waals surface area contributed by atoms with Crippen molar-refractivity contribution in [3.8, 4) is 17.2 Å². The lowest BCUT2D eigenvalue weighted by Crippen LogP contribution is -2.41. The lowest BCUT2D eigenvalue weighted by atomic mass is 9.76. The molecule has 10 nitrogen and oxygen atoms in total. The molecule has 2 aromatic heterocycles. The van der Waals surface area contributed by atoms with Crippen molar-refractivity contribution in [3.63, 3.8) is 0 Å². The van der Waals surface area contributed by atoms with Gasteiger partial charge in [0.05, 0.1) is 50.7 Å². The van der Waals surface area contributed by atoms with Crippen molar-refractivity contribution in [2.24, 2.45) is 5.92 Å². The number of hydrogen-bond acceptors (Lipinski definition) is 8. The molecule has 54 heavy (non-hydrogen) atoms. The van der Waals surface area contributed by atoms with E-state index in [2.05, 4.69) is 4.90 Å². The molecule has 1 atom stereocenters. The number of likely N-dealkylation sites (tertiary alicyclic amines) is 2. The number of alkyl halides is 3. The van der Waals surface area contributed by atoms with Crippen molar-refractivity contribution < 1.29 is 41.4 Å². The van der Waals surface area contributed by atoms with Gasteiger partial charge in [-0.15, -0.1) is 0 Å². The van der Waals surface area contributed by atoms with E-state index in [1.807, 2.05) is 41.0 Å². The van der Waals surface area contributed by atoms with Crippen molar-refractivity contribution >= 4 is 22.7 Å². The summed E-state index contributed by atoms with van der Waals surface area (Å²) in [5.74, 6) is 1.81. The number of aromatic nitrogens is 2. The van der Waals surface area contributed by atoms with Crippen LogP contribution in [0.2, 0.25) is 0 Å². The quantitative estimate of drug-likeness (QED) is 0.121. The van der Waals surface area contributed by atoms with Gasteiger partial charge in [0.2, 0.25) is 11.5 Å². The minimum atomic E-state index is -4.46. The number of piperidine rings is 1. The number of halogens is 3. The smallest absolute Gasteiger partial charge is 0.416 e. The summed E-state index contributed by atoms with van der Waals surface area (Å²) in [4.78, 5) is 36.7. The third kappa shape index (κ3) is 7.29. The summed E-state index contributed by atoms with van der Waals surface area (Å²) in [5.41, 5.74) is 1.46. The summed E-state index contributed by atoms with van der Waals surface area (Å²) in [5, 5.41) is 0. The first-order valence-corrected chi connectivity index (χ1v) is 18.0. The van der Waals surface area contributed by atoms with Gasteiger partial charge in [0.15, 0.2) is 17.3 Å². The third-order valence-corrected chi connectivity index (χ3v) is 11.0. The van der Waals surface area contributed by atoms with E-state index in [1.165, 1.54) is 21.3 Å². The molecule has 4 heterocycles. The molecular weight excluding hydrogens is 701 g/mol. The van der Waals surface area contributed by atoms with Gasteiger partial charge < -0.3 is 33.0 Å². The van der Waals surface area contributed by atoms with E-state index in [4.69, 9.17) is 23.6 Å². The molecule has 0 bridgehead atoms. The van der Waals surface area contributed by atoms with E-state index in [0.717, 1.165) is 34.5 Å². The minimum absolute atomic E-state index is 0.00960. The summed E-state index contributed by atoms with van der Waals surface area (Å²) in [7, 11) is 4.45. The van der Waals surface area contributed by atoms with Gasteiger partial charge >= 0.3 is 6.18 Å². The fourth-order valence-corrected chi connectivity index (χ4v) is 7.99. The molecule has 7 rings (SSSR count). The van der Waals surface area contributed by atoms with Crippen LogP contribution in [0.15, 0.2) is 83.5 Å². The van der Waals surface area contributed by atoms with E-state index >= 15 is 0 Å². The second-order valence-corrected chi connectivity index (χ2v) is 14.1. The summed E-state index contributed by atoms with van der Waals surface area (Å²) in [6.07, 6.45) is -0.335. The lowest BCUT2D eigenvalue weighted by Gasteiger charge is -2.36. The van der Waals surface area contributed by atoms with Crippen LogP contribution in [0.25, 0.3) is 11.0 Å². The van der Waals surface area contributed by atoms with Crippen LogP contribution in [-0.2, 0) is 18.1 Å². The normalized spacial score (nSPS) is 18.3. The predicted octanol–water partition coefficient (Wildman–Crippen LogP) is 7.49. The first kappa shape index (κ1) is 37.0. The Morgan fingerprint density at radius 3 is 2.24 bits per heavy atom. The number of para-hydroxylation sites is 2. The van der Waals surface area contributed by atoms with Gasteiger partial charge in [-0.3, -0.25) is 9.59 Å². The minimum Gasteiger partial charge on any atom is -0.493 e. The SMILES string of the molecule is COc1cc(C(=O)N2CCC(CCN3CCC(C(=O)c4nc5ccccc5n4Cc4ccco4)CC3)(c3ccc(C(F)(F)F)cc3)C2)cc(OC)c1OC. The van der Waals surface area contributed by atoms with Gasteiger partial charge in [-0.2, -0.15) is 13.2 Å². The van der Waals surface area contributed by atoms with Gasteiger partial charge in [-0.05, 0) is 99.4 Å². The highest BCUT2D eigenvalue weighted by Gasteiger charge is 2.43. The van der Waals surface area contributed by atoms with Gasteiger partial charge in [-0.25, -0.2) is 4.98 Å². The standard InChI is InChI=1S/C41H43F3N4O6/c1-51-34-23-28(24-35(52-2)37(34)53-3)39(50)47-21-17-40(26-47,29-10-12-30(13-11-29)41(42,43)44)16-20-46-18-14-27(15-19-46)36(49)38-45-32-8-4-5-9-33(32)48(38)25-31-7-6-22-54-31/h4-13,22-24,27H,14-21,25-26H2,1-3H3. The monoisotopic (exact) mass is 744 g/mol. The molecule has 2 saturated heterocycles. The van der Waals surface area contributed by atoms with E-state index in [-0.39, 0.29) is 17.6 Å². The average Bonchev–Trinajstić information content (AvgIpc) is 3.96. The highest BCUT2D eigenvalue weighted by Crippen LogP contribution is 2.42. The molecule has 3 aromatic carbocycles. The Morgan fingerprint density at radius 1 is 0.907 bits per heavy atom. The van der Waals surface area contributed by atoms with E-state index in [0.29, 0.717) is 93.6 Å². The number of furan rings is 1. The number of methoxy groups -OCH3 is 3. The maximum atomic E-state index is 14.0. The molecular formula is C41H43F3N4O6. The zero-order valence-corrected chi connectivity index (χ0v) is 30.5. The summed E-state index contributed by atoms with van der Waals surface area (Å²) in [6, 6.07) is 20.0.